The average molecular weight is 387 g/mol. The highest BCUT2D eigenvalue weighted by Gasteiger charge is 2.10. The van der Waals surface area contributed by atoms with E-state index in [0.29, 0.717) is 11.4 Å². The van der Waals surface area contributed by atoms with Crippen LogP contribution in [0.15, 0.2) is 64.8 Å². The van der Waals surface area contributed by atoms with Gasteiger partial charge in [0.15, 0.2) is 0 Å². The normalized spacial score (nSPS) is 10.6. The van der Waals surface area contributed by atoms with Crippen molar-refractivity contribution in [2.45, 2.75) is 0 Å². The molecule has 2 aromatic carbocycles. The summed E-state index contributed by atoms with van der Waals surface area (Å²) in [6.07, 6.45) is 1.20. The van der Waals surface area contributed by atoms with E-state index in [1.54, 1.807) is 36.4 Å². The smallest absolute Gasteiger partial charge is 0.271 e. The molecule has 0 unspecified atom stereocenters. The van der Waals surface area contributed by atoms with Crippen LogP contribution in [0.25, 0.3) is 0 Å². The van der Waals surface area contributed by atoms with Crippen LogP contribution < -0.4 is 10.6 Å². The number of nitro benzene ring substituents is 1. The van der Waals surface area contributed by atoms with Crippen molar-refractivity contribution in [3.8, 4) is 6.07 Å². The number of hydrogen-bond acceptors (Lipinski definition) is 5. The molecule has 7 nitrogen and oxygen atoms in total. The maximum atomic E-state index is 12.1. The number of nitro groups is 1. The van der Waals surface area contributed by atoms with Crippen LogP contribution in [0.1, 0.15) is 0 Å². The third kappa shape index (κ3) is 4.66. The van der Waals surface area contributed by atoms with Crippen LogP contribution >= 0.6 is 15.9 Å². The summed E-state index contributed by atoms with van der Waals surface area (Å²) in [5, 5.41) is 25.1. The van der Waals surface area contributed by atoms with E-state index in [2.05, 4.69) is 26.6 Å². The Bertz CT molecular complexity index is 841. The lowest BCUT2D eigenvalue weighted by atomic mass is 10.2. The van der Waals surface area contributed by atoms with E-state index in [9.17, 15) is 14.9 Å². The van der Waals surface area contributed by atoms with Gasteiger partial charge in [-0.05, 0) is 30.3 Å². The molecule has 1 amide bonds. The molecule has 2 rings (SSSR count). The number of nitriles is 1. The molecular weight excluding hydrogens is 376 g/mol. The number of non-ortho nitro benzene ring substituents is 1. The zero-order valence-electron chi connectivity index (χ0n) is 12.2. The van der Waals surface area contributed by atoms with Crippen LogP contribution in [0.5, 0.6) is 0 Å². The summed E-state index contributed by atoms with van der Waals surface area (Å²) in [7, 11) is 0. The van der Waals surface area contributed by atoms with Gasteiger partial charge < -0.3 is 10.6 Å². The molecule has 0 aliphatic carbocycles. The summed E-state index contributed by atoms with van der Waals surface area (Å²) in [4.78, 5) is 22.3. The van der Waals surface area contributed by atoms with Gasteiger partial charge in [0.1, 0.15) is 11.6 Å². The molecule has 8 heteroatoms. The standard InChI is InChI=1S/C16H11BrN4O3/c17-12-4-6-13(7-5-12)20-16(22)11(9-18)10-19-14-2-1-3-15(8-14)21(23)24/h1-8,10,19H,(H,20,22)/b11-10-. The van der Waals surface area contributed by atoms with E-state index < -0.39 is 10.8 Å². The van der Waals surface area contributed by atoms with Crippen molar-refractivity contribution in [2.24, 2.45) is 0 Å². The number of anilines is 2. The number of amides is 1. The van der Waals surface area contributed by atoms with Gasteiger partial charge in [-0.3, -0.25) is 14.9 Å². The van der Waals surface area contributed by atoms with Gasteiger partial charge in [-0.2, -0.15) is 5.26 Å². The Morgan fingerprint density at radius 1 is 1.21 bits per heavy atom. The minimum absolute atomic E-state index is 0.0915. The van der Waals surface area contributed by atoms with E-state index >= 15 is 0 Å². The summed E-state index contributed by atoms with van der Waals surface area (Å²) in [6.45, 7) is 0. The highest BCUT2D eigenvalue weighted by atomic mass is 79.9. The minimum Gasteiger partial charge on any atom is -0.360 e. The monoisotopic (exact) mass is 386 g/mol. The van der Waals surface area contributed by atoms with Crippen LogP contribution in [-0.2, 0) is 4.79 Å². The molecule has 0 aliphatic heterocycles. The summed E-state index contributed by atoms with van der Waals surface area (Å²) >= 11 is 3.29. The molecule has 0 saturated heterocycles. The molecule has 0 fully saturated rings. The number of carbonyl (C=O) groups excluding carboxylic acids is 1. The summed E-state index contributed by atoms with van der Waals surface area (Å²) in [5.41, 5.74) is 0.684. The minimum atomic E-state index is -0.585. The van der Waals surface area contributed by atoms with Crippen LogP contribution in [-0.4, -0.2) is 10.8 Å². The Labute approximate surface area is 145 Å². The first-order chi connectivity index (χ1) is 11.5. The number of hydrogen-bond donors (Lipinski definition) is 2. The molecule has 24 heavy (non-hydrogen) atoms. The first-order valence-electron chi connectivity index (χ1n) is 6.68. The Morgan fingerprint density at radius 3 is 2.54 bits per heavy atom. The lowest BCUT2D eigenvalue weighted by Crippen LogP contribution is -2.14. The number of nitrogens with zero attached hydrogens (tertiary/aromatic N) is 2. The Hall–Kier alpha value is -3.18. The van der Waals surface area contributed by atoms with Crippen molar-refractivity contribution >= 4 is 38.9 Å². The largest absolute Gasteiger partial charge is 0.360 e. The van der Waals surface area contributed by atoms with E-state index in [1.165, 1.54) is 24.4 Å². The molecule has 0 radical (unpaired) electrons. The SMILES string of the molecule is N#C/C(=C/Nc1cccc([N+](=O)[O-])c1)C(=O)Nc1ccc(Br)cc1. The average Bonchev–Trinajstić information content (AvgIpc) is 2.57. The molecule has 2 aromatic rings. The fraction of sp³-hybridized carbons (Fsp3) is 0. The van der Waals surface area contributed by atoms with Crippen LogP contribution in [0.2, 0.25) is 0 Å². The number of halogens is 1. The molecule has 0 bridgehead atoms. The van der Waals surface area contributed by atoms with Gasteiger partial charge in [0.2, 0.25) is 0 Å². The van der Waals surface area contributed by atoms with Gasteiger partial charge in [-0.1, -0.05) is 22.0 Å². The van der Waals surface area contributed by atoms with Gasteiger partial charge in [0.25, 0.3) is 11.6 Å². The number of benzene rings is 2. The zero-order chi connectivity index (χ0) is 17.5. The molecular formula is C16H11BrN4O3. The molecule has 0 atom stereocenters. The topological polar surface area (TPSA) is 108 Å². The van der Waals surface area contributed by atoms with Crippen molar-refractivity contribution in [3.63, 3.8) is 0 Å². The molecule has 120 valence electrons. The fourth-order valence-corrected chi connectivity index (χ4v) is 2.01. The van der Waals surface area contributed by atoms with Crippen molar-refractivity contribution in [3.05, 3.63) is 74.9 Å². The summed E-state index contributed by atoms with van der Waals surface area (Å²) in [6, 6.07) is 14.4. The van der Waals surface area contributed by atoms with Crippen molar-refractivity contribution in [1.29, 1.82) is 5.26 Å². The van der Waals surface area contributed by atoms with Crippen LogP contribution in [0.4, 0.5) is 17.1 Å². The lowest BCUT2D eigenvalue weighted by molar-refractivity contribution is -0.384. The van der Waals surface area contributed by atoms with Gasteiger partial charge in [0.05, 0.1) is 4.92 Å². The second kappa shape index (κ2) is 7.89. The first kappa shape index (κ1) is 17.2. The van der Waals surface area contributed by atoms with Crippen LogP contribution in [0, 0.1) is 21.4 Å². The van der Waals surface area contributed by atoms with Crippen molar-refractivity contribution in [1.82, 2.24) is 0 Å². The third-order valence-electron chi connectivity index (χ3n) is 2.91. The molecule has 0 aliphatic rings. The van der Waals surface area contributed by atoms with Gasteiger partial charge >= 0.3 is 0 Å². The maximum absolute atomic E-state index is 12.1. The lowest BCUT2D eigenvalue weighted by Gasteiger charge is -2.05. The van der Waals surface area contributed by atoms with Gasteiger partial charge in [0, 0.05) is 34.2 Å². The quantitative estimate of drug-likeness (QED) is 0.351. The molecule has 0 spiro atoms. The molecule has 0 heterocycles. The van der Waals surface area contributed by atoms with Gasteiger partial charge in [-0.25, -0.2) is 0 Å². The second-order valence-electron chi connectivity index (χ2n) is 4.58. The first-order valence-corrected chi connectivity index (χ1v) is 7.47. The predicted molar refractivity (Wildman–Crippen MR) is 93.2 cm³/mol. The summed E-state index contributed by atoms with van der Waals surface area (Å²) in [5.74, 6) is -0.585. The highest BCUT2D eigenvalue weighted by molar-refractivity contribution is 9.10. The van der Waals surface area contributed by atoms with E-state index in [1.807, 2.05) is 0 Å². The van der Waals surface area contributed by atoms with Gasteiger partial charge in [-0.15, -0.1) is 0 Å². The third-order valence-corrected chi connectivity index (χ3v) is 3.44. The molecule has 0 saturated carbocycles. The number of nitrogens with one attached hydrogen (secondary N) is 2. The molecule has 0 aromatic heterocycles. The molecule has 2 N–H and O–H groups in total. The fourth-order valence-electron chi connectivity index (χ4n) is 1.75. The van der Waals surface area contributed by atoms with Crippen molar-refractivity contribution in [2.75, 3.05) is 10.6 Å². The second-order valence-corrected chi connectivity index (χ2v) is 5.50. The van der Waals surface area contributed by atoms with Crippen LogP contribution in [0.3, 0.4) is 0 Å². The van der Waals surface area contributed by atoms with E-state index in [0.717, 1.165) is 4.47 Å². The number of carbonyl (C=O) groups is 1. The van der Waals surface area contributed by atoms with E-state index in [-0.39, 0.29) is 11.3 Å². The Morgan fingerprint density at radius 2 is 1.92 bits per heavy atom. The van der Waals surface area contributed by atoms with E-state index in [4.69, 9.17) is 5.26 Å². The Kier molecular flexibility index (Phi) is 5.65. The summed E-state index contributed by atoms with van der Waals surface area (Å²) < 4.78 is 0.865. The number of rotatable bonds is 5. The zero-order valence-corrected chi connectivity index (χ0v) is 13.8. The maximum Gasteiger partial charge on any atom is 0.271 e. The Balaban J connectivity index is 2.10. The van der Waals surface area contributed by atoms with Crippen molar-refractivity contribution < 1.29 is 9.72 Å². The highest BCUT2D eigenvalue weighted by Crippen LogP contribution is 2.18. The predicted octanol–water partition coefficient (Wildman–Crippen LogP) is 3.82.